The number of nitrogens with two attached hydrogens (primary N) is 1. The standard InChI is InChI=1S/C10H12FNO3/c11-8-4-6(1-2-9(8)13)3-7(12)5-10(14)15/h1-2,4,7,13H,3,5,12H2,(H,14,15)/t7-/m0/s1. The lowest BCUT2D eigenvalue weighted by molar-refractivity contribution is -0.137. The second-order valence-electron chi connectivity index (χ2n) is 3.35. The summed E-state index contributed by atoms with van der Waals surface area (Å²) in [5, 5.41) is 17.4. The second-order valence-corrected chi connectivity index (χ2v) is 3.35. The Morgan fingerprint density at radius 2 is 2.20 bits per heavy atom. The molecule has 0 amide bonds. The van der Waals surface area contributed by atoms with Crippen LogP contribution in [-0.4, -0.2) is 22.2 Å². The van der Waals surface area contributed by atoms with Gasteiger partial charge >= 0.3 is 5.97 Å². The number of phenolic OH excluding ortho intramolecular Hbond substituents is 1. The first kappa shape index (κ1) is 11.5. The van der Waals surface area contributed by atoms with Crippen molar-refractivity contribution in [3.8, 4) is 5.75 Å². The number of hydrogen-bond acceptors (Lipinski definition) is 3. The highest BCUT2D eigenvalue weighted by molar-refractivity contribution is 5.67. The minimum atomic E-state index is -0.984. The molecule has 0 bridgehead atoms. The zero-order valence-corrected chi connectivity index (χ0v) is 7.98. The van der Waals surface area contributed by atoms with E-state index < -0.39 is 23.6 Å². The zero-order valence-electron chi connectivity index (χ0n) is 7.98. The van der Waals surface area contributed by atoms with Gasteiger partial charge in [0.1, 0.15) is 0 Å². The van der Waals surface area contributed by atoms with Crippen LogP contribution in [0.5, 0.6) is 5.75 Å². The molecule has 1 aromatic rings. The Kier molecular flexibility index (Phi) is 3.62. The first-order valence-corrected chi connectivity index (χ1v) is 4.44. The summed E-state index contributed by atoms with van der Waals surface area (Å²) in [7, 11) is 0. The fourth-order valence-electron chi connectivity index (χ4n) is 1.28. The Balaban J connectivity index is 2.64. The van der Waals surface area contributed by atoms with E-state index in [9.17, 15) is 9.18 Å². The molecular weight excluding hydrogens is 201 g/mol. The molecule has 0 spiro atoms. The third-order valence-electron chi connectivity index (χ3n) is 1.95. The number of carboxylic acid groups (broad SMARTS) is 1. The van der Waals surface area contributed by atoms with Gasteiger partial charge in [-0.15, -0.1) is 0 Å². The topological polar surface area (TPSA) is 83.6 Å². The summed E-state index contributed by atoms with van der Waals surface area (Å²) < 4.78 is 12.9. The van der Waals surface area contributed by atoms with Crippen LogP contribution in [-0.2, 0) is 11.2 Å². The third kappa shape index (κ3) is 3.55. The van der Waals surface area contributed by atoms with Crippen molar-refractivity contribution in [3.63, 3.8) is 0 Å². The van der Waals surface area contributed by atoms with Gasteiger partial charge in [0.25, 0.3) is 0 Å². The molecule has 0 aliphatic rings. The molecular formula is C10H12FNO3. The average Bonchev–Trinajstić information content (AvgIpc) is 2.10. The van der Waals surface area contributed by atoms with E-state index >= 15 is 0 Å². The number of aromatic hydroxyl groups is 1. The molecule has 0 fully saturated rings. The molecule has 0 saturated carbocycles. The van der Waals surface area contributed by atoms with Crippen molar-refractivity contribution in [2.75, 3.05) is 0 Å². The molecule has 1 aromatic carbocycles. The lowest BCUT2D eigenvalue weighted by atomic mass is 10.0. The van der Waals surface area contributed by atoms with Gasteiger partial charge in [-0.2, -0.15) is 0 Å². The highest BCUT2D eigenvalue weighted by Gasteiger charge is 2.10. The number of halogens is 1. The zero-order chi connectivity index (χ0) is 11.4. The second kappa shape index (κ2) is 4.75. The van der Waals surface area contributed by atoms with Gasteiger partial charge < -0.3 is 15.9 Å². The SMILES string of the molecule is N[C@H](CC(=O)O)Cc1ccc(O)c(F)c1. The van der Waals surface area contributed by atoms with Gasteiger partial charge in [-0.25, -0.2) is 4.39 Å². The minimum Gasteiger partial charge on any atom is -0.505 e. The summed E-state index contributed by atoms with van der Waals surface area (Å²) in [6, 6.07) is 3.33. The molecule has 1 rings (SSSR count). The molecule has 0 heterocycles. The number of carboxylic acids is 1. The molecule has 0 aliphatic carbocycles. The Morgan fingerprint density at radius 1 is 1.53 bits per heavy atom. The van der Waals surface area contributed by atoms with Crippen molar-refractivity contribution < 1.29 is 19.4 Å². The van der Waals surface area contributed by atoms with Crippen molar-refractivity contribution >= 4 is 5.97 Å². The van der Waals surface area contributed by atoms with Gasteiger partial charge in [0, 0.05) is 6.04 Å². The van der Waals surface area contributed by atoms with Gasteiger partial charge in [0.15, 0.2) is 11.6 Å². The number of aliphatic carboxylic acids is 1. The Labute approximate surface area is 86.1 Å². The molecule has 4 N–H and O–H groups in total. The molecule has 4 nitrogen and oxygen atoms in total. The van der Waals surface area contributed by atoms with E-state index in [4.69, 9.17) is 15.9 Å². The van der Waals surface area contributed by atoms with Crippen LogP contribution < -0.4 is 5.73 Å². The summed E-state index contributed by atoms with van der Waals surface area (Å²) >= 11 is 0. The van der Waals surface area contributed by atoms with E-state index in [1.165, 1.54) is 12.1 Å². The Morgan fingerprint density at radius 3 is 2.73 bits per heavy atom. The van der Waals surface area contributed by atoms with E-state index in [-0.39, 0.29) is 12.8 Å². The van der Waals surface area contributed by atoms with Gasteiger partial charge in [-0.3, -0.25) is 4.79 Å². The normalized spacial score (nSPS) is 12.4. The van der Waals surface area contributed by atoms with Crippen molar-refractivity contribution in [1.82, 2.24) is 0 Å². The van der Waals surface area contributed by atoms with E-state index in [1.54, 1.807) is 0 Å². The van der Waals surface area contributed by atoms with Crippen molar-refractivity contribution in [3.05, 3.63) is 29.6 Å². The first-order chi connectivity index (χ1) is 6.99. The van der Waals surface area contributed by atoms with Crippen LogP contribution in [0.4, 0.5) is 4.39 Å². The fourth-order valence-corrected chi connectivity index (χ4v) is 1.28. The van der Waals surface area contributed by atoms with Crippen LogP contribution in [0.25, 0.3) is 0 Å². The summed E-state index contributed by atoms with van der Waals surface area (Å²) in [5.41, 5.74) is 6.10. The van der Waals surface area contributed by atoms with Crippen LogP contribution in [0.15, 0.2) is 18.2 Å². The monoisotopic (exact) mass is 213 g/mol. The van der Waals surface area contributed by atoms with Crippen LogP contribution in [0.3, 0.4) is 0 Å². The van der Waals surface area contributed by atoms with Crippen LogP contribution >= 0.6 is 0 Å². The smallest absolute Gasteiger partial charge is 0.304 e. The summed E-state index contributed by atoms with van der Waals surface area (Å²) in [6.45, 7) is 0. The predicted molar refractivity (Wildman–Crippen MR) is 52.0 cm³/mol. The molecule has 15 heavy (non-hydrogen) atoms. The molecule has 0 saturated heterocycles. The minimum absolute atomic E-state index is 0.164. The van der Waals surface area contributed by atoms with Crippen LogP contribution in [0.2, 0.25) is 0 Å². The number of benzene rings is 1. The van der Waals surface area contributed by atoms with Gasteiger partial charge in [0.2, 0.25) is 0 Å². The van der Waals surface area contributed by atoms with Crippen molar-refractivity contribution in [2.45, 2.75) is 18.9 Å². The van der Waals surface area contributed by atoms with Crippen LogP contribution in [0.1, 0.15) is 12.0 Å². The average molecular weight is 213 g/mol. The highest BCUT2D eigenvalue weighted by Crippen LogP contribution is 2.17. The first-order valence-electron chi connectivity index (χ1n) is 4.44. The lowest BCUT2D eigenvalue weighted by Crippen LogP contribution is -2.26. The molecule has 0 aliphatic heterocycles. The Bertz CT molecular complexity index is 368. The maximum Gasteiger partial charge on any atom is 0.304 e. The van der Waals surface area contributed by atoms with E-state index in [0.29, 0.717) is 5.56 Å². The third-order valence-corrected chi connectivity index (χ3v) is 1.95. The lowest BCUT2D eigenvalue weighted by Gasteiger charge is -2.08. The molecule has 1 atom stereocenters. The van der Waals surface area contributed by atoms with Crippen molar-refractivity contribution in [2.24, 2.45) is 5.73 Å². The van der Waals surface area contributed by atoms with E-state index in [1.807, 2.05) is 0 Å². The van der Waals surface area contributed by atoms with Crippen LogP contribution in [0, 0.1) is 5.82 Å². The number of carbonyl (C=O) groups is 1. The van der Waals surface area contributed by atoms with E-state index in [0.717, 1.165) is 6.07 Å². The maximum absolute atomic E-state index is 12.9. The Hall–Kier alpha value is -1.62. The molecule has 0 radical (unpaired) electrons. The van der Waals surface area contributed by atoms with Crippen molar-refractivity contribution in [1.29, 1.82) is 0 Å². The number of hydrogen-bond donors (Lipinski definition) is 3. The highest BCUT2D eigenvalue weighted by atomic mass is 19.1. The van der Waals surface area contributed by atoms with Gasteiger partial charge in [0.05, 0.1) is 6.42 Å². The maximum atomic E-state index is 12.9. The summed E-state index contributed by atoms with van der Waals surface area (Å²) in [4.78, 5) is 10.3. The summed E-state index contributed by atoms with van der Waals surface area (Å²) in [5.74, 6) is -2.14. The fraction of sp³-hybridized carbons (Fsp3) is 0.300. The molecule has 0 unspecified atom stereocenters. The van der Waals surface area contributed by atoms with Gasteiger partial charge in [-0.05, 0) is 24.1 Å². The predicted octanol–water partition coefficient (Wildman–Crippen LogP) is 0.876. The van der Waals surface area contributed by atoms with E-state index in [2.05, 4.69) is 0 Å². The molecule has 0 aromatic heterocycles. The quantitative estimate of drug-likeness (QED) is 0.693. The van der Waals surface area contributed by atoms with Gasteiger partial charge in [-0.1, -0.05) is 6.07 Å². The number of rotatable bonds is 4. The molecule has 82 valence electrons. The summed E-state index contributed by atoms with van der Waals surface area (Å²) in [6.07, 6.45) is 0.103. The molecule has 5 heteroatoms. The number of phenols is 1. The largest absolute Gasteiger partial charge is 0.505 e.